The van der Waals surface area contributed by atoms with Crippen LogP contribution in [0.15, 0.2) is 30.3 Å². The molecule has 0 radical (unpaired) electrons. The van der Waals surface area contributed by atoms with E-state index in [1.165, 1.54) is 7.11 Å². The molecule has 142 valence electrons. The number of nitrogens with one attached hydrogen (secondary N) is 2. The fourth-order valence-electron chi connectivity index (χ4n) is 2.74. The fraction of sp³-hybridized carbons (Fsp3) is 0.526. The maximum Gasteiger partial charge on any atom is 0.407 e. The molecule has 2 N–H and O–H groups in total. The second-order valence-corrected chi connectivity index (χ2v) is 6.32. The van der Waals surface area contributed by atoms with Gasteiger partial charge in [0.15, 0.2) is 0 Å². The molecular formula is C19H26N2O5. The Hall–Kier alpha value is -2.57. The van der Waals surface area contributed by atoms with Gasteiger partial charge >= 0.3 is 12.1 Å². The van der Waals surface area contributed by atoms with E-state index in [0.717, 1.165) is 18.4 Å². The minimum absolute atomic E-state index is 0.0670. The molecule has 2 amide bonds. The number of benzene rings is 1. The number of carbonyl (C=O) groups excluding carboxylic acids is 3. The van der Waals surface area contributed by atoms with E-state index >= 15 is 0 Å². The average Bonchev–Trinajstić information content (AvgIpc) is 2.63. The first-order chi connectivity index (χ1) is 12.6. The predicted octanol–water partition coefficient (Wildman–Crippen LogP) is 2.15. The number of hydrogen-bond donors (Lipinski definition) is 2. The van der Waals surface area contributed by atoms with Gasteiger partial charge in [0, 0.05) is 19.0 Å². The molecule has 1 aromatic carbocycles. The molecule has 0 saturated heterocycles. The molecule has 1 aliphatic rings. The van der Waals surface area contributed by atoms with E-state index in [4.69, 9.17) is 4.74 Å². The molecule has 0 spiro atoms. The monoisotopic (exact) mass is 362 g/mol. The van der Waals surface area contributed by atoms with Crippen LogP contribution in [0.3, 0.4) is 0 Å². The van der Waals surface area contributed by atoms with E-state index in [0.29, 0.717) is 25.8 Å². The van der Waals surface area contributed by atoms with Gasteiger partial charge in [-0.3, -0.25) is 9.59 Å². The third-order valence-electron chi connectivity index (χ3n) is 4.46. The van der Waals surface area contributed by atoms with Crippen LogP contribution in [0, 0.1) is 5.92 Å². The van der Waals surface area contributed by atoms with Crippen molar-refractivity contribution in [1.82, 2.24) is 10.6 Å². The molecule has 1 aliphatic carbocycles. The highest BCUT2D eigenvalue weighted by Crippen LogP contribution is 2.27. The molecule has 1 fully saturated rings. The summed E-state index contributed by atoms with van der Waals surface area (Å²) in [5, 5.41) is 5.61. The molecule has 0 aliphatic heterocycles. The van der Waals surface area contributed by atoms with Gasteiger partial charge < -0.3 is 20.1 Å². The van der Waals surface area contributed by atoms with Gasteiger partial charge in [0.2, 0.25) is 5.91 Å². The van der Waals surface area contributed by atoms with Crippen molar-refractivity contribution < 1.29 is 23.9 Å². The van der Waals surface area contributed by atoms with Crippen LogP contribution in [0.5, 0.6) is 0 Å². The first-order valence-corrected chi connectivity index (χ1v) is 8.92. The SMILES string of the molecule is COC(=O)CCCCNC(=O)[C@H]1CC[C@H]1NC(=O)OCc1ccccc1. The topological polar surface area (TPSA) is 93.7 Å². The molecule has 2 atom stereocenters. The number of unbranched alkanes of at least 4 members (excludes halogenated alkanes) is 1. The number of rotatable bonds is 9. The maximum atomic E-state index is 12.2. The standard InChI is InChI=1S/C19H26N2O5/c1-25-17(22)9-5-6-12-20-18(23)15-10-11-16(15)21-19(24)26-13-14-7-3-2-4-8-14/h2-4,7-8,15-16H,5-6,9-13H2,1H3,(H,20,23)(H,21,24)/t15-,16+/m0/s1. The molecular weight excluding hydrogens is 336 g/mol. The summed E-state index contributed by atoms with van der Waals surface area (Å²) in [5.74, 6) is -0.531. The minimum Gasteiger partial charge on any atom is -0.469 e. The number of amides is 2. The van der Waals surface area contributed by atoms with Gasteiger partial charge in [0.25, 0.3) is 0 Å². The van der Waals surface area contributed by atoms with Crippen LogP contribution in [0.2, 0.25) is 0 Å². The lowest BCUT2D eigenvalue weighted by atomic mass is 9.79. The minimum atomic E-state index is -0.505. The maximum absolute atomic E-state index is 12.2. The Morgan fingerprint density at radius 3 is 2.54 bits per heavy atom. The highest BCUT2D eigenvalue weighted by atomic mass is 16.5. The molecule has 7 nitrogen and oxygen atoms in total. The summed E-state index contributed by atoms with van der Waals surface area (Å²) in [5.41, 5.74) is 0.914. The van der Waals surface area contributed by atoms with Crippen molar-refractivity contribution in [3.8, 4) is 0 Å². The third kappa shape index (κ3) is 6.38. The van der Waals surface area contributed by atoms with Crippen LogP contribution in [-0.2, 0) is 25.7 Å². The summed E-state index contributed by atoms with van der Waals surface area (Å²) in [6, 6.07) is 9.24. The quantitative estimate of drug-likeness (QED) is 0.519. The van der Waals surface area contributed by atoms with Gasteiger partial charge in [0.1, 0.15) is 6.61 Å². The van der Waals surface area contributed by atoms with E-state index in [9.17, 15) is 14.4 Å². The lowest BCUT2D eigenvalue weighted by Gasteiger charge is -2.35. The second-order valence-electron chi connectivity index (χ2n) is 6.32. The molecule has 0 unspecified atom stereocenters. The molecule has 0 bridgehead atoms. The molecule has 0 aromatic heterocycles. The van der Waals surface area contributed by atoms with Crippen molar-refractivity contribution in [3.05, 3.63) is 35.9 Å². The van der Waals surface area contributed by atoms with Crippen molar-refractivity contribution in [2.75, 3.05) is 13.7 Å². The highest BCUT2D eigenvalue weighted by Gasteiger charge is 2.37. The van der Waals surface area contributed by atoms with Crippen LogP contribution in [-0.4, -0.2) is 37.7 Å². The van der Waals surface area contributed by atoms with Gasteiger partial charge in [-0.15, -0.1) is 0 Å². The summed E-state index contributed by atoms with van der Waals surface area (Å²) in [6.07, 6.45) is 2.75. The van der Waals surface area contributed by atoms with Crippen molar-refractivity contribution in [1.29, 1.82) is 0 Å². The van der Waals surface area contributed by atoms with Crippen molar-refractivity contribution in [2.24, 2.45) is 5.92 Å². The first kappa shape index (κ1) is 19.8. The molecule has 2 rings (SSSR count). The Balaban J connectivity index is 1.61. The summed E-state index contributed by atoms with van der Waals surface area (Å²) >= 11 is 0. The number of carbonyl (C=O) groups is 3. The highest BCUT2D eigenvalue weighted by molar-refractivity contribution is 5.81. The van der Waals surface area contributed by atoms with Crippen LogP contribution in [0.4, 0.5) is 4.79 Å². The summed E-state index contributed by atoms with van der Waals surface area (Å²) in [4.78, 5) is 35.0. The average molecular weight is 362 g/mol. The van der Waals surface area contributed by atoms with Crippen molar-refractivity contribution in [2.45, 2.75) is 44.8 Å². The molecule has 7 heteroatoms. The zero-order valence-electron chi connectivity index (χ0n) is 15.0. The Bertz CT molecular complexity index is 605. The van der Waals surface area contributed by atoms with Crippen LogP contribution < -0.4 is 10.6 Å². The van der Waals surface area contributed by atoms with E-state index in [1.807, 2.05) is 30.3 Å². The van der Waals surface area contributed by atoms with E-state index in [2.05, 4.69) is 15.4 Å². The fourth-order valence-corrected chi connectivity index (χ4v) is 2.74. The van der Waals surface area contributed by atoms with Crippen molar-refractivity contribution >= 4 is 18.0 Å². The van der Waals surface area contributed by atoms with E-state index < -0.39 is 6.09 Å². The Morgan fingerprint density at radius 1 is 1.12 bits per heavy atom. The summed E-state index contributed by atoms with van der Waals surface area (Å²) in [7, 11) is 1.36. The molecule has 1 saturated carbocycles. The Labute approximate surface area is 153 Å². The van der Waals surface area contributed by atoms with Gasteiger partial charge in [-0.2, -0.15) is 0 Å². The van der Waals surface area contributed by atoms with Crippen LogP contribution in [0.1, 0.15) is 37.7 Å². The van der Waals surface area contributed by atoms with E-state index in [1.54, 1.807) is 0 Å². The summed E-state index contributed by atoms with van der Waals surface area (Å²) in [6.45, 7) is 0.716. The Kier molecular flexibility index (Phi) is 7.92. The lowest BCUT2D eigenvalue weighted by molar-refractivity contribution is -0.140. The number of methoxy groups -OCH3 is 1. The normalized spacial score (nSPS) is 18.3. The Morgan fingerprint density at radius 2 is 1.88 bits per heavy atom. The van der Waals surface area contributed by atoms with Gasteiger partial charge in [-0.25, -0.2) is 4.79 Å². The van der Waals surface area contributed by atoms with Crippen LogP contribution >= 0.6 is 0 Å². The van der Waals surface area contributed by atoms with Crippen molar-refractivity contribution in [3.63, 3.8) is 0 Å². The molecule has 0 heterocycles. The largest absolute Gasteiger partial charge is 0.469 e. The van der Waals surface area contributed by atoms with Crippen LogP contribution in [0.25, 0.3) is 0 Å². The first-order valence-electron chi connectivity index (χ1n) is 8.92. The van der Waals surface area contributed by atoms with Gasteiger partial charge in [0.05, 0.1) is 13.0 Å². The van der Waals surface area contributed by atoms with Gasteiger partial charge in [-0.05, 0) is 31.2 Å². The lowest BCUT2D eigenvalue weighted by Crippen LogP contribution is -2.53. The molecule has 26 heavy (non-hydrogen) atoms. The zero-order valence-corrected chi connectivity index (χ0v) is 15.0. The zero-order chi connectivity index (χ0) is 18.8. The predicted molar refractivity (Wildman–Crippen MR) is 95.2 cm³/mol. The number of ether oxygens (including phenoxy) is 2. The smallest absolute Gasteiger partial charge is 0.407 e. The number of hydrogen-bond acceptors (Lipinski definition) is 5. The second kappa shape index (κ2) is 10.4. The third-order valence-corrected chi connectivity index (χ3v) is 4.46. The van der Waals surface area contributed by atoms with E-state index in [-0.39, 0.29) is 30.4 Å². The molecule has 1 aromatic rings. The summed E-state index contributed by atoms with van der Waals surface area (Å²) < 4.78 is 9.75. The number of alkyl carbamates (subject to hydrolysis) is 1. The van der Waals surface area contributed by atoms with Gasteiger partial charge in [-0.1, -0.05) is 30.3 Å². The number of esters is 1.